The first-order valence-corrected chi connectivity index (χ1v) is 16.0. The van der Waals surface area contributed by atoms with E-state index in [4.69, 9.17) is 10.5 Å². The van der Waals surface area contributed by atoms with E-state index in [-0.39, 0.29) is 37.4 Å². The molecule has 260 valence electrons. The van der Waals surface area contributed by atoms with Crippen LogP contribution in [0.4, 0.5) is 23.2 Å². The van der Waals surface area contributed by atoms with Crippen molar-refractivity contribution in [3.8, 4) is 23.5 Å². The topological polar surface area (TPSA) is 136 Å². The van der Waals surface area contributed by atoms with Gasteiger partial charge in [-0.05, 0) is 73.1 Å². The maximum absolute atomic E-state index is 16.3. The third kappa shape index (κ3) is 7.18. The summed E-state index contributed by atoms with van der Waals surface area (Å²) in [7, 11) is 0. The zero-order valence-corrected chi connectivity index (χ0v) is 27.0. The predicted molar refractivity (Wildman–Crippen MR) is 174 cm³/mol. The van der Waals surface area contributed by atoms with E-state index in [1.54, 1.807) is 42.6 Å². The van der Waals surface area contributed by atoms with Gasteiger partial charge in [-0.1, -0.05) is 36.3 Å². The fourth-order valence-electron chi connectivity index (χ4n) is 6.51. The number of nitrogen functional groups attached to an aromatic ring is 1. The van der Waals surface area contributed by atoms with Crippen LogP contribution in [-0.4, -0.2) is 65.9 Å². The van der Waals surface area contributed by atoms with E-state index in [9.17, 15) is 19.1 Å². The number of nitrogens with zero attached hydrogens (tertiary/aromatic N) is 5. The van der Waals surface area contributed by atoms with E-state index < -0.39 is 71.5 Å². The molecule has 1 aliphatic heterocycles. The normalized spacial score (nSPS) is 24.6. The summed E-state index contributed by atoms with van der Waals surface area (Å²) >= 11 is 0. The smallest absolute Gasteiger partial charge is 0.295 e. The highest BCUT2D eigenvalue weighted by Gasteiger charge is 2.58. The lowest BCUT2D eigenvalue weighted by Gasteiger charge is -2.46. The number of benzene rings is 2. The van der Waals surface area contributed by atoms with Crippen molar-refractivity contribution in [3.05, 3.63) is 106 Å². The Morgan fingerprint density at radius 3 is 2.56 bits per heavy atom. The largest absolute Gasteiger partial charge is 0.437 e. The van der Waals surface area contributed by atoms with Crippen molar-refractivity contribution < 1.29 is 32.2 Å². The third-order valence-electron chi connectivity index (χ3n) is 9.30. The van der Waals surface area contributed by atoms with Gasteiger partial charge in [0.2, 0.25) is 11.8 Å². The summed E-state index contributed by atoms with van der Waals surface area (Å²) in [5.41, 5.74) is 1.59. The molecule has 1 aliphatic carbocycles. The van der Waals surface area contributed by atoms with Gasteiger partial charge < -0.3 is 20.5 Å². The molecule has 6 rings (SSSR count). The van der Waals surface area contributed by atoms with Crippen LogP contribution >= 0.6 is 0 Å². The van der Waals surface area contributed by atoms with Crippen LogP contribution in [0.15, 0.2) is 78.0 Å². The maximum atomic E-state index is 16.3. The highest BCUT2D eigenvalue weighted by atomic mass is 19.3. The molecule has 0 bridgehead atoms. The van der Waals surface area contributed by atoms with Crippen LogP contribution in [0.25, 0.3) is 0 Å². The minimum Gasteiger partial charge on any atom is -0.437 e. The summed E-state index contributed by atoms with van der Waals surface area (Å²) in [4.78, 5) is 31.9. The predicted octanol–water partition coefficient (Wildman–Crippen LogP) is 4.80. The minimum atomic E-state index is -3.85. The van der Waals surface area contributed by atoms with Crippen molar-refractivity contribution >= 4 is 11.6 Å². The second kappa shape index (κ2) is 13.5. The van der Waals surface area contributed by atoms with Gasteiger partial charge in [-0.25, -0.2) is 22.5 Å². The molecule has 4 atom stereocenters. The number of halogens is 4. The Morgan fingerprint density at radius 2 is 1.86 bits per heavy atom. The Kier molecular flexibility index (Phi) is 9.37. The lowest BCUT2D eigenvalue weighted by Crippen LogP contribution is -2.64. The molecule has 2 aromatic carbocycles. The first-order valence-electron chi connectivity index (χ1n) is 16.0. The maximum Gasteiger partial charge on any atom is 0.295 e. The monoisotopic (exact) mass is 690 g/mol. The SMILES string of the molecule is Cc1cnnc(C#C[C@@]2(F)CC[C@@H](C(=O)N3CC[C@](O)(Cn4cnc(Oc5ccc(F)cc5)c(N)c4=O)C(F)(F)C3)[C@H](c3ccccc3)C2)c1. The number of ether oxygens (including phenoxy) is 1. The number of aryl methyl sites for hydroxylation is 1. The van der Waals surface area contributed by atoms with Gasteiger partial charge >= 0.3 is 0 Å². The Labute approximate surface area is 284 Å². The molecule has 2 aromatic heterocycles. The Hall–Kier alpha value is -5.29. The molecule has 10 nitrogen and oxygen atoms in total. The van der Waals surface area contributed by atoms with Crippen molar-refractivity contribution in [2.24, 2.45) is 5.92 Å². The number of carbonyl (C=O) groups excluding carboxylic acids is 1. The molecule has 0 spiro atoms. The Bertz CT molecular complexity index is 2000. The van der Waals surface area contributed by atoms with E-state index in [2.05, 4.69) is 27.0 Å². The number of aliphatic hydroxyl groups is 1. The fourth-order valence-corrected chi connectivity index (χ4v) is 6.51. The number of nitrogens with two attached hydrogens (primary N) is 1. The molecule has 1 saturated heterocycles. The minimum absolute atomic E-state index is 0.0576. The summed E-state index contributed by atoms with van der Waals surface area (Å²) in [6.07, 6.45) is 1.75. The Morgan fingerprint density at radius 1 is 1.12 bits per heavy atom. The lowest BCUT2D eigenvalue weighted by atomic mass is 9.69. The van der Waals surface area contributed by atoms with Crippen molar-refractivity contribution in [1.29, 1.82) is 0 Å². The second-order valence-corrected chi connectivity index (χ2v) is 12.9. The van der Waals surface area contributed by atoms with Gasteiger partial charge in [-0.2, -0.15) is 5.10 Å². The van der Waals surface area contributed by atoms with Crippen molar-refractivity contribution in [1.82, 2.24) is 24.6 Å². The van der Waals surface area contributed by atoms with Crippen LogP contribution in [0.5, 0.6) is 11.6 Å². The van der Waals surface area contributed by atoms with E-state index in [0.29, 0.717) is 11.3 Å². The number of anilines is 1. The summed E-state index contributed by atoms with van der Waals surface area (Å²) in [6, 6.07) is 15.4. The van der Waals surface area contributed by atoms with Crippen LogP contribution in [-0.2, 0) is 11.3 Å². The molecule has 2 fully saturated rings. The van der Waals surface area contributed by atoms with E-state index in [1.807, 2.05) is 6.92 Å². The lowest BCUT2D eigenvalue weighted by molar-refractivity contribution is -0.223. The van der Waals surface area contributed by atoms with E-state index >= 15 is 13.2 Å². The molecule has 1 saturated carbocycles. The Balaban J connectivity index is 1.18. The number of aromatic nitrogens is 4. The highest BCUT2D eigenvalue weighted by Crippen LogP contribution is 2.46. The van der Waals surface area contributed by atoms with Crippen molar-refractivity contribution in [2.45, 2.75) is 62.3 Å². The van der Waals surface area contributed by atoms with Crippen LogP contribution in [0.2, 0.25) is 0 Å². The van der Waals surface area contributed by atoms with Gasteiger partial charge in [-0.3, -0.25) is 14.2 Å². The molecular formula is C36H34F4N6O4. The number of hydrogen-bond acceptors (Lipinski definition) is 8. The molecule has 2 aliphatic rings. The zero-order chi connectivity index (χ0) is 35.7. The molecule has 3 heterocycles. The molecule has 4 aromatic rings. The average molecular weight is 691 g/mol. The number of piperidine rings is 1. The number of likely N-dealkylation sites (tertiary alicyclic amines) is 1. The quantitative estimate of drug-likeness (QED) is 0.218. The number of amides is 1. The molecule has 1 amide bonds. The van der Waals surface area contributed by atoms with E-state index in [0.717, 1.165) is 33.5 Å². The van der Waals surface area contributed by atoms with Crippen LogP contribution in [0.1, 0.15) is 48.4 Å². The second-order valence-electron chi connectivity index (χ2n) is 12.9. The first kappa shape index (κ1) is 34.6. The van der Waals surface area contributed by atoms with Crippen molar-refractivity contribution in [2.75, 3.05) is 18.8 Å². The molecule has 0 unspecified atom stereocenters. The van der Waals surface area contributed by atoms with Gasteiger partial charge in [0.05, 0.1) is 19.3 Å². The van der Waals surface area contributed by atoms with Crippen molar-refractivity contribution in [3.63, 3.8) is 0 Å². The summed E-state index contributed by atoms with van der Waals surface area (Å²) < 4.78 is 67.3. The summed E-state index contributed by atoms with van der Waals surface area (Å²) in [5, 5.41) is 19.0. The van der Waals surface area contributed by atoms with Crippen LogP contribution in [0, 0.1) is 30.5 Å². The molecular weight excluding hydrogens is 656 g/mol. The van der Waals surface area contributed by atoms with E-state index in [1.165, 1.54) is 12.1 Å². The number of hydrogen-bond donors (Lipinski definition) is 2. The third-order valence-corrected chi connectivity index (χ3v) is 9.30. The van der Waals surface area contributed by atoms with Gasteiger partial charge in [0.25, 0.3) is 11.5 Å². The molecule has 14 heteroatoms. The van der Waals surface area contributed by atoms with Gasteiger partial charge in [0, 0.05) is 25.3 Å². The van der Waals surface area contributed by atoms with Gasteiger partial charge in [0.1, 0.15) is 29.2 Å². The average Bonchev–Trinajstić information content (AvgIpc) is 3.09. The number of alkyl halides is 3. The highest BCUT2D eigenvalue weighted by molar-refractivity contribution is 5.80. The zero-order valence-electron chi connectivity index (χ0n) is 27.0. The number of carbonyl (C=O) groups is 1. The molecule has 0 radical (unpaired) electrons. The molecule has 3 N–H and O–H groups in total. The molecule has 50 heavy (non-hydrogen) atoms. The first-order chi connectivity index (χ1) is 23.8. The summed E-state index contributed by atoms with van der Waals surface area (Å²) in [6.45, 7) is -0.398. The van der Waals surface area contributed by atoms with Crippen LogP contribution in [0.3, 0.4) is 0 Å². The fraction of sp³-hybridized carbons (Fsp3) is 0.361. The van der Waals surface area contributed by atoms with Gasteiger partial charge in [0.15, 0.2) is 11.4 Å². The van der Waals surface area contributed by atoms with Gasteiger partial charge in [-0.15, -0.1) is 5.10 Å². The number of rotatable bonds is 6. The summed E-state index contributed by atoms with van der Waals surface area (Å²) in [5.74, 6) is -1.13. The standard InChI is InChI=1S/C36H34F4N6O4/c1-23-17-26(44-43-19-23)11-13-34(38)14-12-28(29(18-34)24-5-3-2-4-6-24)32(47)45-16-15-35(49,36(39,40)21-45)20-46-22-42-31(30(41)33(46)48)50-27-9-7-25(37)8-10-27/h2-10,17,19,22,28-29,49H,12,14-16,18,20-21,41H2,1H3/t28-,29+,34-,35+/m1/s1. The van der Waals surface area contributed by atoms with Crippen LogP contribution < -0.4 is 16.0 Å².